The van der Waals surface area contributed by atoms with Crippen LogP contribution in [-0.4, -0.2) is 85.3 Å². The number of phenols is 1. The van der Waals surface area contributed by atoms with Crippen molar-refractivity contribution in [2.24, 2.45) is 0 Å². The summed E-state index contributed by atoms with van der Waals surface area (Å²) in [4.78, 5) is 35.8. The van der Waals surface area contributed by atoms with Crippen molar-refractivity contribution in [3.8, 4) is 11.5 Å². The van der Waals surface area contributed by atoms with E-state index in [4.69, 9.17) is 4.74 Å². The molecule has 2 aromatic rings. The molecule has 218 valence electrons. The molecule has 6 N–H and O–H groups in total. The van der Waals surface area contributed by atoms with Gasteiger partial charge >= 0.3 is 0 Å². The van der Waals surface area contributed by atoms with Gasteiger partial charge in [0.15, 0.2) is 18.9 Å². The summed E-state index contributed by atoms with van der Waals surface area (Å²) in [7, 11) is 5.85. The van der Waals surface area contributed by atoms with Crippen LogP contribution in [0.5, 0.6) is 11.5 Å². The van der Waals surface area contributed by atoms with Crippen LogP contribution in [0.4, 0.5) is 11.4 Å². The minimum Gasteiger partial charge on any atom is -0.506 e. The van der Waals surface area contributed by atoms with Crippen LogP contribution in [0.2, 0.25) is 0 Å². The average molecular weight is 557 g/mol. The van der Waals surface area contributed by atoms with Crippen LogP contribution in [0.3, 0.4) is 0 Å². The number of amides is 3. The number of carbonyl (C=O) groups excluding carboxylic acids is 3. The number of fused-ring (bicyclic) bond motifs is 1. The summed E-state index contributed by atoms with van der Waals surface area (Å²) in [6.07, 6.45) is 0.618. The first kappa shape index (κ1) is 30.9. The lowest BCUT2D eigenvalue weighted by Crippen LogP contribution is -2.44. The van der Waals surface area contributed by atoms with Gasteiger partial charge in [0.05, 0.1) is 27.2 Å². The topological polar surface area (TPSA) is 149 Å². The van der Waals surface area contributed by atoms with Crippen LogP contribution in [0.25, 0.3) is 0 Å². The minimum atomic E-state index is -0.924. The number of carbonyl (C=O) groups is 3. The van der Waals surface area contributed by atoms with Crippen LogP contribution < -0.4 is 26.0 Å². The largest absolute Gasteiger partial charge is 0.506 e. The lowest BCUT2D eigenvalue weighted by Gasteiger charge is -2.29. The van der Waals surface area contributed by atoms with E-state index < -0.39 is 6.10 Å². The molecule has 2 aromatic carbocycles. The van der Waals surface area contributed by atoms with E-state index in [0.29, 0.717) is 48.1 Å². The molecule has 0 aliphatic carbocycles. The average Bonchev–Trinajstić information content (AvgIpc) is 2.86. The number of hydrogen-bond donors (Lipinski definition) is 6. The van der Waals surface area contributed by atoms with Crippen molar-refractivity contribution in [1.82, 2.24) is 10.6 Å². The van der Waals surface area contributed by atoms with Crippen molar-refractivity contribution >= 4 is 29.1 Å². The van der Waals surface area contributed by atoms with Crippen LogP contribution in [0.15, 0.2) is 36.4 Å². The number of β-amino-alcohol motifs (C(OH)–C–C–N with tert-alkyl or cyclic N) is 1. The lowest BCUT2D eigenvalue weighted by molar-refractivity contribution is -0.862. The maximum atomic E-state index is 12.3. The summed E-state index contributed by atoms with van der Waals surface area (Å²) in [5.74, 6) is -0.348. The van der Waals surface area contributed by atoms with Gasteiger partial charge in [-0.15, -0.1) is 0 Å². The Morgan fingerprint density at radius 3 is 2.48 bits per heavy atom. The molecule has 1 atom stereocenters. The van der Waals surface area contributed by atoms with Crippen molar-refractivity contribution in [2.75, 3.05) is 58.0 Å². The molecular formula is C29H42N5O6+. The van der Waals surface area contributed by atoms with Gasteiger partial charge in [0.2, 0.25) is 5.91 Å². The van der Waals surface area contributed by atoms with Gasteiger partial charge in [-0.3, -0.25) is 14.4 Å². The third-order valence-corrected chi connectivity index (χ3v) is 6.32. The smallest absolute Gasteiger partial charge is 0.275 e. The minimum absolute atomic E-state index is 0.0290. The van der Waals surface area contributed by atoms with E-state index in [1.807, 2.05) is 59.3 Å². The Labute approximate surface area is 235 Å². The molecule has 11 heteroatoms. The standard InChI is InChI=1S/C29H41N5O6/c1-29(2,31-16-23(36)21-12-13-22(35)27-28(21)40-18-26(39)33-27)15-19-8-10-20(11-9-19)32-24(37)7-6-14-30-25(38)17-34(3,4)5/h8-13,23,31,36H,6-7,14-18H2,1-5H3,(H3-,30,32,33,35,37,38,39)/p+1. The fourth-order valence-corrected chi connectivity index (χ4v) is 4.39. The zero-order valence-electron chi connectivity index (χ0n) is 24.0. The molecule has 1 aliphatic heterocycles. The van der Waals surface area contributed by atoms with Gasteiger partial charge in [0.25, 0.3) is 11.8 Å². The van der Waals surface area contributed by atoms with Crippen LogP contribution in [0, 0.1) is 0 Å². The summed E-state index contributed by atoms with van der Waals surface area (Å²) in [5.41, 5.74) is 2.03. The van der Waals surface area contributed by atoms with Crippen molar-refractivity contribution in [2.45, 2.75) is 44.8 Å². The van der Waals surface area contributed by atoms with Crippen molar-refractivity contribution in [3.63, 3.8) is 0 Å². The molecule has 0 radical (unpaired) electrons. The normalized spacial score (nSPS) is 14.0. The number of nitrogens with zero attached hydrogens (tertiary/aromatic N) is 1. The number of likely N-dealkylation sites (N-methyl/N-ethyl adjacent to an activating group) is 1. The summed E-state index contributed by atoms with van der Waals surface area (Å²) in [5, 5.41) is 32.6. The Balaban J connectivity index is 1.45. The molecule has 0 aromatic heterocycles. The second-order valence-electron chi connectivity index (χ2n) is 11.8. The molecule has 3 amide bonds. The molecular weight excluding hydrogens is 514 g/mol. The SMILES string of the molecule is CC(C)(Cc1ccc(NC(=O)CCCNC(=O)C[N+](C)(C)C)cc1)NCC(O)c1ccc(O)c2c1OCC(=O)N2. The van der Waals surface area contributed by atoms with Gasteiger partial charge in [-0.25, -0.2) is 0 Å². The second kappa shape index (κ2) is 13.1. The predicted octanol–water partition coefficient (Wildman–Crippen LogP) is 1.91. The van der Waals surface area contributed by atoms with Gasteiger partial charge in [-0.2, -0.15) is 0 Å². The number of aliphatic hydroxyl groups is 1. The Morgan fingerprint density at radius 1 is 1.10 bits per heavy atom. The van der Waals surface area contributed by atoms with E-state index in [9.17, 15) is 24.6 Å². The van der Waals surface area contributed by atoms with E-state index in [1.165, 1.54) is 6.07 Å². The van der Waals surface area contributed by atoms with E-state index in [0.717, 1.165) is 5.56 Å². The first-order valence-corrected chi connectivity index (χ1v) is 13.4. The van der Waals surface area contributed by atoms with Crippen molar-refractivity contribution in [3.05, 3.63) is 47.5 Å². The maximum Gasteiger partial charge on any atom is 0.275 e. The van der Waals surface area contributed by atoms with E-state index in [-0.39, 0.29) is 53.6 Å². The third-order valence-electron chi connectivity index (χ3n) is 6.32. The number of quaternary nitrogens is 1. The number of rotatable bonds is 13. The van der Waals surface area contributed by atoms with Gasteiger partial charge < -0.3 is 40.7 Å². The van der Waals surface area contributed by atoms with Gasteiger partial charge in [0, 0.05) is 36.3 Å². The highest BCUT2D eigenvalue weighted by Gasteiger charge is 2.27. The van der Waals surface area contributed by atoms with Crippen LogP contribution in [0.1, 0.15) is 43.9 Å². The first-order chi connectivity index (χ1) is 18.7. The zero-order chi connectivity index (χ0) is 29.5. The number of benzene rings is 2. The van der Waals surface area contributed by atoms with Crippen molar-refractivity contribution < 1.29 is 33.8 Å². The number of aliphatic hydroxyl groups excluding tert-OH is 1. The summed E-state index contributed by atoms with van der Waals surface area (Å²) >= 11 is 0. The molecule has 3 rings (SSSR count). The molecule has 1 unspecified atom stereocenters. The monoisotopic (exact) mass is 556 g/mol. The van der Waals surface area contributed by atoms with Crippen molar-refractivity contribution in [1.29, 1.82) is 0 Å². The molecule has 0 fully saturated rings. The summed E-state index contributed by atoms with van der Waals surface area (Å²) in [6, 6.07) is 10.6. The Hall–Kier alpha value is -3.67. The summed E-state index contributed by atoms with van der Waals surface area (Å²) < 4.78 is 6.03. The second-order valence-corrected chi connectivity index (χ2v) is 11.8. The molecule has 0 bridgehead atoms. The highest BCUT2D eigenvalue weighted by Crippen LogP contribution is 2.41. The predicted molar refractivity (Wildman–Crippen MR) is 153 cm³/mol. The molecule has 1 heterocycles. The van der Waals surface area contributed by atoms with Gasteiger partial charge in [-0.05, 0) is 56.5 Å². The maximum absolute atomic E-state index is 12.3. The number of anilines is 2. The highest BCUT2D eigenvalue weighted by atomic mass is 16.5. The van der Waals surface area contributed by atoms with E-state index in [2.05, 4.69) is 21.3 Å². The Kier molecular flexibility index (Phi) is 10.1. The summed E-state index contributed by atoms with van der Waals surface area (Å²) in [6.45, 7) is 4.95. The number of ether oxygens (including phenoxy) is 1. The molecule has 1 aliphatic rings. The molecule has 0 saturated heterocycles. The fourth-order valence-electron chi connectivity index (χ4n) is 4.39. The number of nitrogens with one attached hydrogen (secondary N) is 4. The molecule has 0 spiro atoms. The fraction of sp³-hybridized carbons (Fsp3) is 0.483. The molecule has 0 saturated carbocycles. The molecule has 40 heavy (non-hydrogen) atoms. The molecule has 11 nitrogen and oxygen atoms in total. The number of phenolic OH excluding ortho intramolecular Hbond substituents is 1. The van der Waals surface area contributed by atoms with Gasteiger partial charge in [0.1, 0.15) is 11.4 Å². The Bertz CT molecular complexity index is 1210. The van der Waals surface area contributed by atoms with Crippen LogP contribution in [-0.2, 0) is 20.8 Å². The van der Waals surface area contributed by atoms with Crippen LogP contribution >= 0.6 is 0 Å². The van der Waals surface area contributed by atoms with Gasteiger partial charge in [-0.1, -0.05) is 12.1 Å². The lowest BCUT2D eigenvalue weighted by atomic mass is 9.94. The number of aromatic hydroxyl groups is 1. The highest BCUT2D eigenvalue weighted by molar-refractivity contribution is 5.97. The zero-order valence-corrected chi connectivity index (χ0v) is 24.0. The third kappa shape index (κ3) is 9.51. The van der Waals surface area contributed by atoms with E-state index in [1.54, 1.807) is 6.07 Å². The quantitative estimate of drug-likeness (QED) is 0.125. The Morgan fingerprint density at radius 2 is 1.80 bits per heavy atom. The first-order valence-electron chi connectivity index (χ1n) is 13.4. The number of hydrogen-bond acceptors (Lipinski definition) is 7. The van der Waals surface area contributed by atoms with E-state index >= 15 is 0 Å².